The van der Waals surface area contributed by atoms with Gasteiger partial charge >= 0.3 is 0 Å². The molecular formula is C17H28N2O. The molecule has 112 valence electrons. The smallest absolute Gasteiger partial charge is 0.124 e. The standard InChI is InChI=1S/C17H28N2O/c1-5-18-11-15-9-14-8-13(4)19(6-2)12-16(14)10-17(15)20-7-3/h9-10,13,18H,5-8,11-12H2,1-4H3. The van der Waals surface area contributed by atoms with Gasteiger partial charge in [0.05, 0.1) is 6.61 Å². The molecule has 1 unspecified atom stereocenters. The van der Waals surface area contributed by atoms with Gasteiger partial charge in [-0.1, -0.05) is 19.9 Å². The number of rotatable bonds is 6. The molecule has 1 aromatic rings. The summed E-state index contributed by atoms with van der Waals surface area (Å²) in [5, 5.41) is 3.41. The molecule has 1 N–H and O–H groups in total. The molecule has 1 aliphatic heterocycles. The van der Waals surface area contributed by atoms with Crippen LogP contribution in [0.25, 0.3) is 0 Å². The molecule has 0 aliphatic carbocycles. The van der Waals surface area contributed by atoms with Crippen molar-refractivity contribution in [1.29, 1.82) is 0 Å². The van der Waals surface area contributed by atoms with E-state index in [1.54, 1.807) is 0 Å². The topological polar surface area (TPSA) is 24.5 Å². The first-order chi connectivity index (χ1) is 9.69. The van der Waals surface area contributed by atoms with E-state index in [1.165, 1.54) is 16.7 Å². The minimum atomic E-state index is 0.637. The van der Waals surface area contributed by atoms with Crippen molar-refractivity contribution in [3.05, 3.63) is 28.8 Å². The number of ether oxygens (including phenoxy) is 1. The number of hydrogen-bond donors (Lipinski definition) is 1. The van der Waals surface area contributed by atoms with Crippen molar-refractivity contribution in [2.75, 3.05) is 19.7 Å². The van der Waals surface area contributed by atoms with E-state index < -0.39 is 0 Å². The summed E-state index contributed by atoms with van der Waals surface area (Å²) in [5.41, 5.74) is 4.23. The molecule has 20 heavy (non-hydrogen) atoms. The highest BCUT2D eigenvalue weighted by Gasteiger charge is 2.23. The molecule has 2 rings (SSSR count). The number of nitrogens with zero attached hydrogens (tertiary/aromatic N) is 1. The third-order valence-corrected chi connectivity index (χ3v) is 4.17. The molecule has 0 fully saturated rings. The highest BCUT2D eigenvalue weighted by molar-refractivity contribution is 5.44. The van der Waals surface area contributed by atoms with Crippen LogP contribution >= 0.6 is 0 Å². The predicted molar refractivity (Wildman–Crippen MR) is 84.2 cm³/mol. The van der Waals surface area contributed by atoms with Gasteiger partial charge < -0.3 is 10.1 Å². The maximum Gasteiger partial charge on any atom is 0.124 e. The number of likely N-dealkylation sites (N-methyl/N-ethyl adjacent to an activating group) is 1. The summed E-state index contributed by atoms with van der Waals surface area (Å²) in [5.74, 6) is 1.05. The number of fused-ring (bicyclic) bond motifs is 1. The predicted octanol–water partition coefficient (Wildman–Crippen LogP) is 2.96. The highest BCUT2D eigenvalue weighted by Crippen LogP contribution is 2.30. The SMILES string of the molecule is CCNCc1cc2c(cc1OCC)CN(CC)C(C)C2. The summed E-state index contributed by atoms with van der Waals surface area (Å²) in [6.07, 6.45) is 1.15. The molecule has 0 radical (unpaired) electrons. The zero-order valence-electron chi connectivity index (χ0n) is 13.3. The van der Waals surface area contributed by atoms with Gasteiger partial charge in [-0.05, 0) is 50.6 Å². The summed E-state index contributed by atoms with van der Waals surface area (Å²) in [6.45, 7) is 13.5. The maximum atomic E-state index is 5.84. The van der Waals surface area contributed by atoms with Crippen molar-refractivity contribution >= 4 is 0 Å². The molecule has 0 saturated carbocycles. The van der Waals surface area contributed by atoms with E-state index in [0.29, 0.717) is 6.04 Å². The Kier molecular flexibility index (Phi) is 5.44. The first kappa shape index (κ1) is 15.3. The van der Waals surface area contributed by atoms with Crippen LogP contribution in [0.2, 0.25) is 0 Å². The summed E-state index contributed by atoms with van der Waals surface area (Å²) >= 11 is 0. The minimum Gasteiger partial charge on any atom is -0.494 e. The third kappa shape index (κ3) is 3.33. The normalized spacial score (nSPS) is 18.9. The van der Waals surface area contributed by atoms with Gasteiger partial charge in [0.1, 0.15) is 5.75 Å². The van der Waals surface area contributed by atoms with E-state index in [4.69, 9.17) is 4.74 Å². The van der Waals surface area contributed by atoms with Gasteiger partial charge in [-0.25, -0.2) is 0 Å². The monoisotopic (exact) mass is 276 g/mol. The largest absolute Gasteiger partial charge is 0.494 e. The Morgan fingerprint density at radius 2 is 2.05 bits per heavy atom. The molecule has 1 heterocycles. The maximum absolute atomic E-state index is 5.84. The Morgan fingerprint density at radius 3 is 2.70 bits per heavy atom. The van der Waals surface area contributed by atoms with E-state index in [-0.39, 0.29) is 0 Å². The fourth-order valence-electron chi connectivity index (χ4n) is 2.99. The second-order valence-electron chi connectivity index (χ2n) is 5.56. The van der Waals surface area contributed by atoms with Crippen LogP contribution < -0.4 is 10.1 Å². The fraction of sp³-hybridized carbons (Fsp3) is 0.647. The van der Waals surface area contributed by atoms with Crippen molar-refractivity contribution in [1.82, 2.24) is 10.2 Å². The second kappa shape index (κ2) is 7.09. The molecule has 0 spiro atoms. The first-order valence-corrected chi connectivity index (χ1v) is 7.91. The molecule has 0 amide bonds. The number of benzene rings is 1. The van der Waals surface area contributed by atoms with Gasteiger partial charge in [-0.3, -0.25) is 4.90 Å². The summed E-state index contributed by atoms with van der Waals surface area (Å²) < 4.78 is 5.84. The first-order valence-electron chi connectivity index (χ1n) is 7.91. The van der Waals surface area contributed by atoms with Crippen LogP contribution in [0.15, 0.2) is 12.1 Å². The molecule has 3 heteroatoms. The van der Waals surface area contributed by atoms with Crippen molar-refractivity contribution in [3.63, 3.8) is 0 Å². The van der Waals surface area contributed by atoms with E-state index in [0.717, 1.165) is 45.0 Å². The molecule has 1 aromatic carbocycles. The van der Waals surface area contributed by atoms with E-state index >= 15 is 0 Å². The number of nitrogens with one attached hydrogen (secondary N) is 1. The van der Waals surface area contributed by atoms with Crippen LogP contribution in [0.5, 0.6) is 5.75 Å². The highest BCUT2D eigenvalue weighted by atomic mass is 16.5. The summed E-state index contributed by atoms with van der Waals surface area (Å²) in [6, 6.07) is 5.25. The minimum absolute atomic E-state index is 0.637. The van der Waals surface area contributed by atoms with Gasteiger partial charge in [-0.2, -0.15) is 0 Å². The van der Waals surface area contributed by atoms with Crippen molar-refractivity contribution in [3.8, 4) is 5.75 Å². The average Bonchev–Trinajstić information content (AvgIpc) is 2.45. The number of hydrogen-bond acceptors (Lipinski definition) is 3. The lowest BCUT2D eigenvalue weighted by Crippen LogP contribution is -2.38. The van der Waals surface area contributed by atoms with Crippen LogP contribution in [0.4, 0.5) is 0 Å². The van der Waals surface area contributed by atoms with Crippen molar-refractivity contribution in [2.45, 2.75) is 53.2 Å². The fourth-order valence-corrected chi connectivity index (χ4v) is 2.99. The van der Waals surface area contributed by atoms with Crippen LogP contribution in [-0.4, -0.2) is 30.6 Å². The second-order valence-corrected chi connectivity index (χ2v) is 5.56. The lowest BCUT2D eigenvalue weighted by molar-refractivity contribution is 0.194. The van der Waals surface area contributed by atoms with Crippen LogP contribution in [0.3, 0.4) is 0 Å². The van der Waals surface area contributed by atoms with Gasteiger partial charge in [0.25, 0.3) is 0 Å². The Balaban J connectivity index is 2.29. The van der Waals surface area contributed by atoms with Gasteiger partial charge in [0, 0.05) is 24.7 Å². The Hall–Kier alpha value is -1.06. The van der Waals surface area contributed by atoms with Gasteiger partial charge in [-0.15, -0.1) is 0 Å². The molecule has 1 atom stereocenters. The van der Waals surface area contributed by atoms with Crippen LogP contribution in [0.1, 0.15) is 44.4 Å². The molecule has 0 saturated heterocycles. The lowest BCUT2D eigenvalue weighted by Gasteiger charge is -2.34. The Labute approximate surface area is 123 Å². The molecular weight excluding hydrogens is 248 g/mol. The lowest BCUT2D eigenvalue weighted by atomic mass is 9.92. The van der Waals surface area contributed by atoms with E-state index in [2.05, 4.69) is 50.0 Å². The van der Waals surface area contributed by atoms with Crippen molar-refractivity contribution < 1.29 is 4.74 Å². The van der Waals surface area contributed by atoms with Crippen LogP contribution in [0, 0.1) is 0 Å². The molecule has 3 nitrogen and oxygen atoms in total. The quantitative estimate of drug-likeness (QED) is 0.864. The average molecular weight is 276 g/mol. The molecule has 1 aliphatic rings. The third-order valence-electron chi connectivity index (χ3n) is 4.17. The summed E-state index contributed by atoms with van der Waals surface area (Å²) in [4.78, 5) is 2.53. The Morgan fingerprint density at radius 1 is 1.25 bits per heavy atom. The van der Waals surface area contributed by atoms with Gasteiger partial charge in [0.2, 0.25) is 0 Å². The Bertz CT molecular complexity index is 429. The van der Waals surface area contributed by atoms with E-state index in [1.807, 2.05) is 0 Å². The van der Waals surface area contributed by atoms with E-state index in [9.17, 15) is 0 Å². The van der Waals surface area contributed by atoms with Crippen LogP contribution in [-0.2, 0) is 19.5 Å². The molecule has 0 aromatic heterocycles. The zero-order chi connectivity index (χ0) is 14.5. The summed E-state index contributed by atoms with van der Waals surface area (Å²) in [7, 11) is 0. The molecule has 0 bridgehead atoms. The van der Waals surface area contributed by atoms with Crippen molar-refractivity contribution in [2.24, 2.45) is 0 Å². The van der Waals surface area contributed by atoms with Gasteiger partial charge in [0.15, 0.2) is 0 Å². The zero-order valence-corrected chi connectivity index (χ0v) is 13.3.